The number of aromatic nitrogens is 1. The summed E-state index contributed by atoms with van der Waals surface area (Å²) < 4.78 is 11.9. The highest BCUT2D eigenvalue weighted by atomic mass is 32.2. The van der Waals surface area contributed by atoms with Crippen molar-refractivity contribution in [2.24, 2.45) is 4.99 Å². The van der Waals surface area contributed by atoms with Gasteiger partial charge in [-0.3, -0.25) is 4.90 Å². The molecule has 2 aromatic carbocycles. The van der Waals surface area contributed by atoms with Gasteiger partial charge in [-0.25, -0.2) is 9.79 Å². The Hall–Kier alpha value is -3.07. The van der Waals surface area contributed by atoms with Gasteiger partial charge in [-0.15, -0.1) is 0 Å². The second kappa shape index (κ2) is 7.81. The molecule has 164 valence electrons. The van der Waals surface area contributed by atoms with Crippen molar-refractivity contribution in [1.29, 1.82) is 0 Å². The van der Waals surface area contributed by atoms with Gasteiger partial charge in [0.2, 0.25) is 0 Å². The lowest BCUT2D eigenvalue weighted by molar-refractivity contribution is -0.132. The van der Waals surface area contributed by atoms with E-state index >= 15 is 0 Å². The van der Waals surface area contributed by atoms with Crippen molar-refractivity contribution in [1.82, 2.24) is 15.2 Å². The fraction of sp³-hybridized carbons (Fsp3) is 0.250. The summed E-state index contributed by atoms with van der Waals surface area (Å²) in [7, 11) is 0. The number of hydrogen-bond acceptors (Lipinski definition) is 5. The number of carbonyl (C=O) groups is 1. The van der Waals surface area contributed by atoms with Crippen LogP contribution in [0.15, 0.2) is 64.1 Å². The number of nitrogens with zero attached hydrogens (tertiary/aromatic N) is 2. The van der Waals surface area contributed by atoms with Gasteiger partial charge in [0.1, 0.15) is 6.26 Å². The molecule has 2 aliphatic heterocycles. The van der Waals surface area contributed by atoms with Gasteiger partial charge < -0.3 is 20.0 Å². The number of hydrogen-bond donors (Lipinski definition) is 3. The van der Waals surface area contributed by atoms with Crippen LogP contribution in [0, 0.1) is 0 Å². The predicted molar refractivity (Wildman–Crippen MR) is 126 cm³/mol. The summed E-state index contributed by atoms with van der Waals surface area (Å²) in [6.45, 7) is 3.45. The van der Waals surface area contributed by atoms with Gasteiger partial charge in [0.15, 0.2) is 10.7 Å². The minimum Gasteiger partial charge on any atom is -0.612 e. The monoisotopic (exact) mass is 448 g/mol. The molecule has 32 heavy (non-hydrogen) atoms. The summed E-state index contributed by atoms with van der Waals surface area (Å²) >= 11 is -1.03. The summed E-state index contributed by atoms with van der Waals surface area (Å²) in [4.78, 5) is 22.3. The Labute approximate surface area is 189 Å². The Bertz CT molecular complexity index is 1280. The largest absolute Gasteiger partial charge is 0.612 e. The lowest BCUT2D eigenvalue weighted by atomic mass is 9.99. The summed E-state index contributed by atoms with van der Waals surface area (Å²) in [6.07, 6.45) is 5.48. The van der Waals surface area contributed by atoms with E-state index in [4.69, 9.17) is 0 Å². The zero-order valence-corrected chi connectivity index (χ0v) is 18.7. The molecule has 7 nitrogen and oxygen atoms in total. The van der Waals surface area contributed by atoms with Gasteiger partial charge in [-0.1, -0.05) is 18.2 Å². The molecular weight excluding hydrogens is 424 g/mol. The number of fused-ring (bicyclic) bond motifs is 3. The smallest absolute Gasteiger partial charge is 0.338 e. The predicted octanol–water partition coefficient (Wildman–Crippen LogP) is 3.25. The molecule has 2 atom stereocenters. The fourth-order valence-corrected chi connectivity index (χ4v) is 4.96. The summed E-state index contributed by atoms with van der Waals surface area (Å²) in [5.41, 5.74) is 5.81. The number of benzene rings is 2. The molecule has 2 unspecified atom stereocenters. The van der Waals surface area contributed by atoms with Crippen LogP contribution < -0.4 is 5.32 Å². The Morgan fingerprint density at radius 2 is 2.06 bits per heavy atom. The highest BCUT2D eigenvalue weighted by molar-refractivity contribution is 7.90. The van der Waals surface area contributed by atoms with Gasteiger partial charge >= 0.3 is 5.97 Å². The van der Waals surface area contributed by atoms with Crippen molar-refractivity contribution in [3.8, 4) is 11.1 Å². The van der Waals surface area contributed by atoms with Gasteiger partial charge in [-0.2, -0.15) is 0 Å². The third kappa shape index (κ3) is 3.60. The highest BCUT2D eigenvalue weighted by Gasteiger charge is 2.35. The van der Waals surface area contributed by atoms with Crippen molar-refractivity contribution in [3.63, 3.8) is 0 Å². The molecule has 2 aliphatic rings. The first kappa shape index (κ1) is 20.8. The van der Waals surface area contributed by atoms with Crippen molar-refractivity contribution < 1.29 is 14.5 Å². The Morgan fingerprint density at radius 1 is 1.25 bits per heavy atom. The molecule has 0 bridgehead atoms. The molecule has 3 N–H and O–H groups in total. The van der Waals surface area contributed by atoms with Gasteiger partial charge in [0, 0.05) is 54.6 Å². The maximum Gasteiger partial charge on any atom is 0.338 e. The molecule has 0 saturated heterocycles. The van der Waals surface area contributed by atoms with Crippen molar-refractivity contribution in [2.45, 2.75) is 30.6 Å². The number of H-pyrrole nitrogens is 1. The van der Waals surface area contributed by atoms with Crippen LogP contribution >= 0.6 is 0 Å². The molecule has 0 fully saturated rings. The summed E-state index contributed by atoms with van der Waals surface area (Å²) in [5.74, 6) is -1.69. The van der Waals surface area contributed by atoms with Crippen LogP contribution in [0.2, 0.25) is 0 Å². The molecule has 3 aromatic rings. The summed E-state index contributed by atoms with van der Waals surface area (Å²) in [5, 5.41) is 13.5. The fourth-order valence-electron chi connectivity index (χ4n) is 4.39. The van der Waals surface area contributed by atoms with E-state index in [2.05, 4.69) is 38.4 Å². The third-order valence-electron chi connectivity index (χ3n) is 6.29. The number of carboxylic acids is 1. The SMILES string of the molecule is C[S+]([O-])c1cccc(-c2ccc3[nH]c4c(c3c2)CN(C2(C)N=CC(C(=O)O)=CN2)CC4)c1. The van der Waals surface area contributed by atoms with Gasteiger partial charge in [-0.05, 0) is 53.0 Å². The first-order valence-corrected chi connectivity index (χ1v) is 12.0. The average molecular weight is 449 g/mol. The van der Waals surface area contributed by atoms with E-state index in [1.165, 1.54) is 23.7 Å². The molecule has 5 rings (SSSR count). The maximum atomic E-state index is 11.9. The quantitative estimate of drug-likeness (QED) is 0.532. The van der Waals surface area contributed by atoms with Crippen LogP contribution in [0.4, 0.5) is 0 Å². The van der Waals surface area contributed by atoms with E-state index in [-0.39, 0.29) is 5.57 Å². The molecule has 0 amide bonds. The standard InChI is InChI=1S/C24H24N4O3S/c1-24(25-12-17(13-26-24)23(29)30)28-9-8-22-20(14-28)19-11-16(6-7-21(19)27-22)15-4-3-5-18(10-15)32(2)31/h3-7,10-13,25,27H,8-9,14H2,1-2H3,(H,29,30). The van der Waals surface area contributed by atoms with E-state index < -0.39 is 22.9 Å². The van der Waals surface area contributed by atoms with Gasteiger partial charge in [0.05, 0.1) is 5.57 Å². The molecule has 0 radical (unpaired) electrons. The zero-order valence-electron chi connectivity index (χ0n) is 17.9. The number of carboxylic acid groups (broad SMARTS) is 1. The van der Waals surface area contributed by atoms with Crippen LogP contribution in [-0.2, 0) is 28.9 Å². The Balaban J connectivity index is 1.48. The van der Waals surface area contributed by atoms with Crippen molar-refractivity contribution in [2.75, 3.05) is 12.8 Å². The normalized spacial score (nSPS) is 21.7. The Morgan fingerprint density at radius 3 is 2.78 bits per heavy atom. The number of aromatic amines is 1. The minimum absolute atomic E-state index is 0.146. The van der Waals surface area contributed by atoms with Crippen molar-refractivity contribution in [3.05, 3.63) is 65.5 Å². The maximum absolute atomic E-state index is 11.9. The third-order valence-corrected chi connectivity index (χ3v) is 7.21. The topological polar surface area (TPSA) is 104 Å². The van der Waals surface area contributed by atoms with Crippen LogP contribution in [0.5, 0.6) is 0 Å². The Kier molecular flexibility index (Phi) is 5.08. The summed E-state index contributed by atoms with van der Waals surface area (Å²) in [6, 6.07) is 14.2. The van der Waals surface area contributed by atoms with Gasteiger partial charge in [0.25, 0.3) is 0 Å². The molecule has 0 aliphatic carbocycles. The molecule has 0 spiro atoms. The van der Waals surface area contributed by atoms with Crippen LogP contribution in [0.1, 0.15) is 18.2 Å². The number of rotatable bonds is 4. The molecule has 3 heterocycles. The van der Waals surface area contributed by atoms with Crippen molar-refractivity contribution >= 4 is 34.3 Å². The lowest BCUT2D eigenvalue weighted by Crippen LogP contribution is -2.56. The number of aliphatic carboxylic acids is 1. The average Bonchev–Trinajstić information content (AvgIpc) is 3.16. The second-order valence-electron chi connectivity index (χ2n) is 8.32. The first-order valence-electron chi connectivity index (χ1n) is 10.4. The van der Waals surface area contributed by atoms with E-state index in [1.54, 1.807) is 6.26 Å². The first-order chi connectivity index (χ1) is 15.3. The van der Waals surface area contributed by atoms with E-state index in [0.29, 0.717) is 6.54 Å². The van der Waals surface area contributed by atoms with E-state index in [1.807, 2.05) is 31.2 Å². The number of aliphatic imine (C=N–C) groups is 1. The second-order valence-corrected chi connectivity index (χ2v) is 9.70. The van der Waals surface area contributed by atoms with E-state index in [9.17, 15) is 14.5 Å². The molecule has 1 aromatic heterocycles. The highest BCUT2D eigenvalue weighted by Crippen LogP contribution is 2.34. The van der Waals surface area contributed by atoms with Crippen LogP contribution in [0.3, 0.4) is 0 Å². The number of nitrogens with one attached hydrogen (secondary N) is 2. The zero-order chi connectivity index (χ0) is 22.5. The molecular formula is C24H24N4O3S. The minimum atomic E-state index is -1.03. The molecule has 0 saturated carbocycles. The molecule has 8 heteroatoms. The van der Waals surface area contributed by atoms with E-state index in [0.717, 1.165) is 39.9 Å². The van der Waals surface area contributed by atoms with Crippen LogP contribution in [0.25, 0.3) is 22.0 Å². The van der Waals surface area contributed by atoms with Crippen LogP contribution in [-0.4, -0.2) is 50.3 Å². The lowest BCUT2D eigenvalue weighted by Gasteiger charge is -2.41.